The van der Waals surface area contributed by atoms with E-state index < -0.39 is 10.4 Å². The molecule has 0 unspecified atom stereocenters. The second-order valence-electron chi connectivity index (χ2n) is 0.999. The summed E-state index contributed by atoms with van der Waals surface area (Å²) in [7, 11) is 0. The van der Waals surface area contributed by atoms with Crippen LogP contribution in [0.25, 0.3) is 0 Å². The summed E-state index contributed by atoms with van der Waals surface area (Å²) in [6.45, 7) is 2.06. The standard InChI is InChI=1S/C3H7NO2.CHCl3/c1-2-6-3(4)5;2-1(3)4/h2H2,1H3,(H2,4,5);1H. The molecule has 0 aromatic carbocycles. The first-order chi connectivity index (χ1) is 4.50. The lowest BCUT2D eigenvalue weighted by molar-refractivity contribution is 0.163. The fourth-order valence-corrected chi connectivity index (χ4v) is 0.142. The van der Waals surface area contributed by atoms with Gasteiger partial charge in [-0.1, -0.05) is 34.8 Å². The summed E-state index contributed by atoms with van der Waals surface area (Å²) in [5.74, 6) is 0. The number of hydrogen-bond acceptors (Lipinski definition) is 2. The van der Waals surface area contributed by atoms with Crippen LogP contribution in [0.3, 0.4) is 0 Å². The van der Waals surface area contributed by atoms with E-state index >= 15 is 0 Å². The van der Waals surface area contributed by atoms with Crippen molar-refractivity contribution in [2.24, 2.45) is 5.73 Å². The molecule has 0 saturated heterocycles. The van der Waals surface area contributed by atoms with Gasteiger partial charge in [0.25, 0.3) is 0 Å². The number of alkyl halides is 3. The number of carbonyl (C=O) groups is 1. The van der Waals surface area contributed by atoms with Crippen molar-refractivity contribution < 1.29 is 9.53 Å². The normalized spacial score (nSPS) is 8.10. The highest BCUT2D eigenvalue weighted by Crippen LogP contribution is 2.03. The Bertz CT molecular complexity index is 85.8. The molecule has 2 N–H and O–H groups in total. The first kappa shape index (κ1) is 12.8. The van der Waals surface area contributed by atoms with Gasteiger partial charge in [-0.05, 0) is 6.92 Å². The van der Waals surface area contributed by atoms with Gasteiger partial charge in [0.15, 0.2) is 4.30 Å². The second-order valence-corrected chi connectivity index (χ2v) is 2.98. The molecule has 0 saturated carbocycles. The third kappa shape index (κ3) is 42.1. The molecular formula is C4H8Cl3NO2. The van der Waals surface area contributed by atoms with Gasteiger partial charge in [0.1, 0.15) is 0 Å². The van der Waals surface area contributed by atoms with Crippen LogP contribution in [0.4, 0.5) is 4.79 Å². The number of nitrogens with two attached hydrogens (primary N) is 1. The fraction of sp³-hybridized carbons (Fsp3) is 0.750. The van der Waals surface area contributed by atoms with Crippen LogP contribution in [-0.2, 0) is 4.74 Å². The highest BCUT2D eigenvalue weighted by molar-refractivity contribution is 6.63. The van der Waals surface area contributed by atoms with Crippen molar-refractivity contribution in [1.29, 1.82) is 0 Å². The third-order valence-corrected chi connectivity index (χ3v) is 0.287. The minimum Gasteiger partial charge on any atom is -0.450 e. The highest BCUT2D eigenvalue weighted by Gasteiger charge is 1.82. The number of carbonyl (C=O) groups excluding carboxylic acids is 1. The Morgan fingerprint density at radius 2 is 1.90 bits per heavy atom. The van der Waals surface area contributed by atoms with Crippen molar-refractivity contribution in [3.8, 4) is 0 Å². The lowest BCUT2D eigenvalue weighted by Gasteiger charge is -1.89. The maximum atomic E-state index is 9.60. The molecule has 0 atom stereocenters. The van der Waals surface area contributed by atoms with E-state index in [1.54, 1.807) is 6.92 Å². The first-order valence-electron chi connectivity index (χ1n) is 2.35. The van der Waals surface area contributed by atoms with Crippen LogP contribution in [0.5, 0.6) is 0 Å². The number of hydrogen-bond donors (Lipinski definition) is 1. The third-order valence-electron chi connectivity index (χ3n) is 0.287. The molecule has 0 spiro atoms. The van der Waals surface area contributed by atoms with Crippen LogP contribution in [-0.4, -0.2) is 17.0 Å². The Kier molecular flexibility index (Phi) is 11.7. The van der Waals surface area contributed by atoms with E-state index in [1.165, 1.54) is 0 Å². The van der Waals surface area contributed by atoms with Crippen LogP contribution in [0.1, 0.15) is 6.92 Å². The van der Waals surface area contributed by atoms with E-state index in [9.17, 15) is 4.79 Å². The highest BCUT2D eigenvalue weighted by atomic mass is 35.6. The molecular weight excluding hydrogens is 200 g/mol. The molecule has 6 heteroatoms. The lowest BCUT2D eigenvalue weighted by atomic mass is 10.9. The predicted molar refractivity (Wildman–Crippen MR) is 42.6 cm³/mol. The molecule has 10 heavy (non-hydrogen) atoms. The predicted octanol–water partition coefficient (Wildman–Crippen LogP) is 2.09. The van der Waals surface area contributed by atoms with E-state index in [0.717, 1.165) is 0 Å². The molecule has 0 aliphatic carbocycles. The zero-order valence-corrected chi connectivity index (χ0v) is 7.58. The molecule has 0 rings (SSSR count). The van der Waals surface area contributed by atoms with Crippen LogP contribution in [0.2, 0.25) is 0 Å². The topological polar surface area (TPSA) is 52.3 Å². The van der Waals surface area contributed by atoms with Gasteiger partial charge in [-0.2, -0.15) is 0 Å². The summed E-state index contributed by atoms with van der Waals surface area (Å²) in [6, 6.07) is 0. The van der Waals surface area contributed by atoms with Gasteiger partial charge >= 0.3 is 6.09 Å². The van der Waals surface area contributed by atoms with E-state index in [4.69, 9.17) is 34.8 Å². The smallest absolute Gasteiger partial charge is 0.404 e. The maximum absolute atomic E-state index is 9.60. The largest absolute Gasteiger partial charge is 0.450 e. The molecule has 0 radical (unpaired) electrons. The van der Waals surface area contributed by atoms with Crippen LogP contribution < -0.4 is 5.73 Å². The molecule has 1 amide bonds. The Morgan fingerprint density at radius 1 is 1.60 bits per heavy atom. The quantitative estimate of drug-likeness (QED) is 0.671. The summed E-state index contributed by atoms with van der Waals surface area (Å²) >= 11 is 14.4. The van der Waals surface area contributed by atoms with Gasteiger partial charge in [-0.15, -0.1) is 0 Å². The van der Waals surface area contributed by atoms with Gasteiger partial charge in [-0.25, -0.2) is 4.79 Å². The number of primary amides is 1. The molecule has 0 heterocycles. The van der Waals surface area contributed by atoms with Crippen molar-refractivity contribution >= 4 is 40.9 Å². The molecule has 0 bridgehead atoms. The lowest BCUT2D eigenvalue weighted by Crippen LogP contribution is -2.11. The van der Waals surface area contributed by atoms with E-state index in [0.29, 0.717) is 6.61 Å². The minimum absolute atomic E-state index is 0.356. The van der Waals surface area contributed by atoms with Gasteiger partial charge in [0.05, 0.1) is 6.61 Å². The monoisotopic (exact) mass is 207 g/mol. The number of amides is 1. The van der Waals surface area contributed by atoms with E-state index in [2.05, 4.69) is 10.5 Å². The zero-order valence-electron chi connectivity index (χ0n) is 5.31. The second kappa shape index (κ2) is 9.14. The summed E-state index contributed by atoms with van der Waals surface area (Å²) in [5, 5.41) is 0. The average molecular weight is 208 g/mol. The van der Waals surface area contributed by atoms with Crippen LogP contribution in [0, 0.1) is 0 Å². The molecule has 0 aliphatic rings. The van der Waals surface area contributed by atoms with E-state index in [-0.39, 0.29) is 0 Å². The van der Waals surface area contributed by atoms with Crippen LogP contribution in [0.15, 0.2) is 0 Å². The molecule has 3 nitrogen and oxygen atoms in total. The summed E-state index contributed by atoms with van der Waals surface area (Å²) in [4.78, 5) is 9.60. The molecule has 0 aromatic heterocycles. The van der Waals surface area contributed by atoms with Crippen molar-refractivity contribution in [3.63, 3.8) is 0 Å². The van der Waals surface area contributed by atoms with Gasteiger partial charge in [0.2, 0.25) is 0 Å². The molecule has 0 fully saturated rings. The SMILES string of the molecule is CCOC(N)=O.ClC(Cl)Cl. The van der Waals surface area contributed by atoms with Crippen molar-refractivity contribution in [2.45, 2.75) is 11.2 Å². The molecule has 0 aliphatic heterocycles. The van der Waals surface area contributed by atoms with Crippen molar-refractivity contribution in [3.05, 3.63) is 0 Å². The summed E-state index contributed by atoms with van der Waals surface area (Å²) < 4.78 is 3.43. The van der Waals surface area contributed by atoms with Gasteiger partial charge in [0, 0.05) is 0 Å². The van der Waals surface area contributed by atoms with Gasteiger partial charge in [-0.3, -0.25) is 0 Å². The first-order valence-corrected chi connectivity index (χ1v) is 3.66. The van der Waals surface area contributed by atoms with E-state index in [1.807, 2.05) is 0 Å². The number of rotatable bonds is 1. The Morgan fingerprint density at radius 3 is 1.90 bits per heavy atom. The maximum Gasteiger partial charge on any atom is 0.404 e. The fourth-order valence-electron chi connectivity index (χ4n) is 0.142. The number of halogens is 3. The Labute approximate surface area is 74.4 Å². The zero-order chi connectivity index (χ0) is 8.57. The van der Waals surface area contributed by atoms with Crippen molar-refractivity contribution in [2.75, 3.05) is 6.61 Å². The molecule has 0 aromatic rings. The molecule has 62 valence electrons. The number of ether oxygens (including phenoxy) is 1. The van der Waals surface area contributed by atoms with Crippen molar-refractivity contribution in [1.82, 2.24) is 0 Å². The Balaban J connectivity index is 0. The summed E-state index contributed by atoms with van der Waals surface area (Å²) in [5.41, 5.74) is 4.54. The van der Waals surface area contributed by atoms with Crippen LogP contribution >= 0.6 is 34.8 Å². The Hall–Kier alpha value is 0.140. The minimum atomic E-state index is -0.750. The summed E-state index contributed by atoms with van der Waals surface area (Å²) in [6.07, 6.45) is -0.711. The average Bonchev–Trinajstić information content (AvgIpc) is 1.62. The van der Waals surface area contributed by atoms with Gasteiger partial charge < -0.3 is 10.5 Å².